The van der Waals surface area contributed by atoms with E-state index in [0.29, 0.717) is 11.1 Å². The van der Waals surface area contributed by atoms with Crippen LogP contribution in [0.2, 0.25) is 0 Å². The Balaban J connectivity index is 2.56. The van der Waals surface area contributed by atoms with Gasteiger partial charge in [0, 0.05) is 11.6 Å². The van der Waals surface area contributed by atoms with Crippen molar-refractivity contribution in [2.24, 2.45) is 0 Å². The minimum atomic E-state index is -4.03. The average Bonchev–Trinajstić information content (AvgIpc) is 2.16. The van der Waals surface area contributed by atoms with Crippen molar-refractivity contribution in [1.29, 1.82) is 0 Å². The third-order valence-corrected chi connectivity index (χ3v) is 2.85. The van der Waals surface area contributed by atoms with E-state index in [0.717, 1.165) is 5.39 Å². The Hall–Kier alpha value is -1.22. The average molecular weight is 223 g/mol. The molecule has 0 aliphatic heterocycles. The van der Waals surface area contributed by atoms with E-state index in [1.165, 1.54) is 0 Å². The zero-order chi connectivity index (χ0) is 10.9. The summed E-state index contributed by atoms with van der Waals surface area (Å²) in [4.78, 5) is 21.9. The van der Waals surface area contributed by atoms with E-state index < -0.39 is 7.60 Å². The molecule has 0 bridgehead atoms. The molecule has 1 heterocycles. The first-order chi connectivity index (χ1) is 7.06. The molecule has 0 atom stereocenters. The van der Waals surface area contributed by atoms with Crippen molar-refractivity contribution < 1.29 is 14.4 Å². The van der Waals surface area contributed by atoms with Gasteiger partial charge in [-0.2, -0.15) is 0 Å². The quantitative estimate of drug-likeness (QED) is 0.763. The van der Waals surface area contributed by atoms with Crippen molar-refractivity contribution >= 4 is 18.5 Å². The van der Waals surface area contributed by atoms with E-state index in [9.17, 15) is 4.57 Å². The van der Waals surface area contributed by atoms with Gasteiger partial charge in [-0.3, -0.25) is 9.55 Å². The van der Waals surface area contributed by atoms with E-state index in [1.54, 1.807) is 24.4 Å². The Morgan fingerprint density at radius 3 is 2.67 bits per heavy atom. The standard InChI is InChI=1S/C10H10NO3P/c12-15(13,14)7-9-4-1-3-8-5-2-6-11-10(8)9/h1-6H,7H2,(H2,12,13,14). The van der Waals surface area contributed by atoms with E-state index >= 15 is 0 Å². The Kier molecular flexibility index (Phi) is 2.57. The third-order valence-electron chi connectivity index (χ3n) is 2.09. The van der Waals surface area contributed by atoms with Gasteiger partial charge in [0.1, 0.15) is 0 Å². The summed E-state index contributed by atoms with van der Waals surface area (Å²) in [5, 5.41) is 0.892. The zero-order valence-corrected chi connectivity index (χ0v) is 8.76. The smallest absolute Gasteiger partial charge is 0.324 e. The molecule has 2 N–H and O–H groups in total. The van der Waals surface area contributed by atoms with Crippen LogP contribution in [-0.2, 0) is 10.7 Å². The highest BCUT2D eigenvalue weighted by Crippen LogP contribution is 2.40. The summed E-state index contributed by atoms with van der Waals surface area (Å²) in [7, 11) is -4.03. The molecule has 0 fully saturated rings. The lowest BCUT2D eigenvalue weighted by Crippen LogP contribution is -1.90. The lowest BCUT2D eigenvalue weighted by atomic mass is 10.1. The fourth-order valence-electron chi connectivity index (χ4n) is 1.52. The van der Waals surface area contributed by atoms with Crippen molar-refractivity contribution in [2.75, 3.05) is 0 Å². The monoisotopic (exact) mass is 223 g/mol. The van der Waals surface area contributed by atoms with Crippen LogP contribution in [0, 0.1) is 0 Å². The van der Waals surface area contributed by atoms with Crippen LogP contribution >= 0.6 is 7.60 Å². The molecule has 0 unspecified atom stereocenters. The Morgan fingerprint density at radius 1 is 1.20 bits per heavy atom. The van der Waals surface area contributed by atoms with Gasteiger partial charge in [-0.05, 0) is 11.6 Å². The van der Waals surface area contributed by atoms with E-state index in [2.05, 4.69) is 4.98 Å². The summed E-state index contributed by atoms with van der Waals surface area (Å²) < 4.78 is 10.9. The van der Waals surface area contributed by atoms with Crippen LogP contribution in [0.1, 0.15) is 5.56 Å². The van der Waals surface area contributed by atoms with Gasteiger partial charge in [0.2, 0.25) is 0 Å². The van der Waals surface area contributed by atoms with Crippen LogP contribution in [0.4, 0.5) is 0 Å². The minimum Gasteiger partial charge on any atom is -0.324 e. The molecule has 0 aliphatic carbocycles. The molecule has 0 amide bonds. The molecule has 1 aromatic carbocycles. The minimum absolute atomic E-state index is 0.263. The van der Waals surface area contributed by atoms with Crippen molar-refractivity contribution in [3.8, 4) is 0 Å². The number of aromatic nitrogens is 1. The lowest BCUT2D eigenvalue weighted by molar-refractivity contribution is 0.372. The van der Waals surface area contributed by atoms with E-state index in [1.807, 2.05) is 12.1 Å². The van der Waals surface area contributed by atoms with E-state index in [-0.39, 0.29) is 6.16 Å². The van der Waals surface area contributed by atoms with Crippen LogP contribution in [0.15, 0.2) is 36.5 Å². The maximum atomic E-state index is 10.9. The van der Waals surface area contributed by atoms with Crippen molar-refractivity contribution in [2.45, 2.75) is 6.16 Å². The molecular weight excluding hydrogens is 213 g/mol. The van der Waals surface area contributed by atoms with Gasteiger partial charge in [-0.25, -0.2) is 0 Å². The topological polar surface area (TPSA) is 70.4 Å². The van der Waals surface area contributed by atoms with Gasteiger partial charge in [0.15, 0.2) is 0 Å². The number of rotatable bonds is 2. The van der Waals surface area contributed by atoms with Crippen LogP contribution < -0.4 is 0 Å². The number of benzene rings is 1. The summed E-state index contributed by atoms with van der Waals surface area (Å²) in [6, 6.07) is 8.99. The molecule has 15 heavy (non-hydrogen) atoms. The summed E-state index contributed by atoms with van der Waals surface area (Å²) in [5.74, 6) is 0. The zero-order valence-electron chi connectivity index (χ0n) is 7.87. The highest BCUT2D eigenvalue weighted by Gasteiger charge is 2.15. The second-order valence-electron chi connectivity index (χ2n) is 3.32. The largest absolute Gasteiger partial charge is 0.329 e. The van der Waals surface area contributed by atoms with Crippen molar-refractivity contribution in [3.63, 3.8) is 0 Å². The second-order valence-corrected chi connectivity index (χ2v) is 4.96. The van der Waals surface area contributed by atoms with Gasteiger partial charge in [-0.15, -0.1) is 0 Å². The molecule has 5 heteroatoms. The Labute approximate surface area is 86.7 Å². The highest BCUT2D eigenvalue weighted by molar-refractivity contribution is 7.50. The molecule has 0 aliphatic rings. The van der Waals surface area contributed by atoms with Gasteiger partial charge in [-0.1, -0.05) is 24.3 Å². The van der Waals surface area contributed by atoms with Crippen molar-refractivity contribution in [3.05, 3.63) is 42.1 Å². The summed E-state index contributed by atoms with van der Waals surface area (Å²) in [6.07, 6.45) is 1.35. The predicted molar refractivity (Wildman–Crippen MR) is 57.5 cm³/mol. The number of pyridine rings is 1. The second kappa shape index (κ2) is 3.74. The lowest BCUT2D eigenvalue weighted by Gasteiger charge is -2.06. The van der Waals surface area contributed by atoms with Gasteiger partial charge >= 0.3 is 7.60 Å². The number of para-hydroxylation sites is 1. The fraction of sp³-hybridized carbons (Fsp3) is 0.100. The SMILES string of the molecule is O=P(O)(O)Cc1cccc2cccnc12. The first-order valence-electron chi connectivity index (χ1n) is 4.43. The normalized spacial score (nSPS) is 11.9. The summed E-state index contributed by atoms with van der Waals surface area (Å²) in [6.45, 7) is 0. The van der Waals surface area contributed by atoms with Crippen LogP contribution in [-0.4, -0.2) is 14.8 Å². The van der Waals surface area contributed by atoms with Gasteiger partial charge in [0.25, 0.3) is 0 Å². The molecule has 0 spiro atoms. The van der Waals surface area contributed by atoms with Crippen molar-refractivity contribution in [1.82, 2.24) is 4.98 Å². The molecule has 78 valence electrons. The maximum absolute atomic E-state index is 10.9. The van der Waals surface area contributed by atoms with Crippen LogP contribution in [0.5, 0.6) is 0 Å². The molecule has 1 aromatic heterocycles. The molecule has 0 saturated heterocycles. The van der Waals surface area contributed by atoms with Gasteiger partial charge < -0.3 is 9.79 Å². The fourth-order valence-corrected chi connectivity index (χ4v) is 2.22. The number of hydrogen-bond acceptors (Lipinski definition) is 2. The first-order valence-corrected chi connectivity index (χ1v) is 6.23. The molecule has 2 rings (SSSR count). The molecule has 0 radical (unpaired) electrons. The number of nitrogens with zero attached hydrogens (tertiary/aromatic N) is 1. The molecular formula is C10H10NO3P. The number of fused-ring (bicyclic) bond motifs is 1. The molecule has 0 saturated carbocycles. The third kappa shape index (κ3) is 2.42. The Bertz CT molecular complexity index is 530. The van der Waals surface area contributed by atoms with Crippen LogP contribution in [0.3, 0.4) is 0 Å². The number of hydrogen-bond donors (Lipinski definition) is 2. The molecule has 4 nitrogen and oxygen atoms in total. The van der Waals surface area contributed by atoms with Gasteiger partial charge in [0.05, 0.1) is 11.7 Å². The summed E-state index contributed by atoms with van der Waals surface area (Å²) in [5.41, 5.74) is 1.24. The Morgan fingerprint density at radius 2 is 1.93 bits per heavy atom. The maximum Gasteiger partial charge on any atom is 0.329 e. The first kappa shape index (κ1) is 10.3. The van der Waals surface area contributed by atoms with Crippen LogP contribution in [0.25, 0.3) is 10.9 Å². The highest BCUT2D eigenvalue weighted by atomic mass is 31.2. The van der Waals surface area contributed by atoms with E-state index in [4.69, 9.17) is 9.79 Å². The molecule has 2 aromatic rings. The summed E-state index contributed by atoms with van der Waals surface area (Å²) >= 11 is 0. The predicted octanol–water partition coefficient (Wildman–Crippen LogP) is 1.91.